The molecular weight excluding hydrogens is 428 g/mol. The Hall–Kier alpha value is -4.67. The first-order valence-electron chi connectivity index (χ1n) is 9.88. The summed E-state index contributed by atoms with van der Waals surface area (Å²) in [6.45, 7) is 3.35. The number of carbonyl (C=O) groups is 3. The van der Waals surface area contributed by atoms with E-state index >= 15 is 0 Å². The predicted octanol–water partition coefficient (Wildman–Crippen LogP) is 2.87. The quantitative estimate of drug-likeness (QED) is 0.290. The fourth-order valence-electron chi connectivity index (χ4n) is 3.23. The number of amides is 2. The maximum atomic E-state index is 12.8. The Morgan fingerprint density at radius 2 is 1.88 bits per heavy atom. The number of benzene rings is 2. The van der Waals surface area contributed by atoms with Gasteiger partial charge in [0.2, 0.25) is 5.95 Å². The molecule has 0 saturated heterocycles. The standard InChI is InChI=1S/C22H20N6O5/c1-11-3-5-14(12(2)7-11)25-20(31)18-19(24-10-23-18)21(32)28-22-26-15-6-4-13(8-16(15)27-22)33-9-17(29)30/h3-8,10H,9H2,1-2H3,(H,23,24)(H,25,31)(H,29,30)(H2,26,27,28,32). The maximum absolute atomic E-state index is 12.8. The van der Waals surface area contributed by atoms with E-state index in [-0.39, 0.29) is 17.3 Å². The van der Waals surface area contributed by atoms with Crippen LogP contribution in [0.1, 0.15) is 32.1 Å². The molecule has 0 fully saturated rings. The van der Waals surface area contributed by atoms with Crippen molar-refractivity contribution in [1.82, 2.24) is 19.9 Å². The third kappa shape index (κ3) is 4.82. The molecule has 0 spiro atoms. The minimum atomic E-state index is -1.09. The van der Waals surface area contributed by atoms with Crippen molar-refractivity contribution in [3.05, 3.63) is 65.2 Å². The van der Waals surface area contributed by atoms with Gasteiger partial charge in [0.25, 0.3) is 11.8 Å². The zero-order valence-electron chi connectivity index (χ0n) is 17.7. The number of aryl methyl sites for hydroxylation is 2. The van der Waals surface area contributed by atoms with Crippen LogP contribution in [-0.2, 0) is 4.79 Å². The van der Waals surface area contributed by atoms with Gasteiger partial charge in [-0.15, -0.1) is 0 Å². The molecule has 0 bridgehead atoms. The number of carboxylic acid groups (broad SMARTS) is 1. The number of rotatable bonds is 7. The van der Waals surface area contributed by atoms with Gasteiger partial charge in [0.15, 0.2) is 12.3 Å². The van der Waals surface area contributed by atoms with Crippen LogP contribution in [0.15, 0.2) is 42.7 Å². The SMILES string of the molecule is Cc1ccc(NC(=O)c2nc[nH]c2C(=O)Nc2nc3ccc(OCC(=O)O)cc3[nH]2)c(C)c1. The Balaban J connectivity index is 1.49. The van der Waals surface area contributed by atoms with E-state index in [1.165, 1.54) is 6.33 Å². The van der Waals surface area contributed by atoms with Crippen LogP contribution in [0.4, 0.5) is 11.6 Å². The summed E-state index contributed by atoms with van der Waals surface area (Å²) < 4.78 is 5.14. The van der Waals surface area contributed by atoms with E-state index in [0.29, 0.717) is 22.5 Å². The number of ether oxygens (including phenoxy) is 1. The zero-order chi connectivity index (χ0) is 23.5. The van der Waals surface area contributed by atoms with Gasteiger partial charge in [-0.1, -0.05) is 17.7 Å². The molecule has 0 radical (unpaired) electrons. The Labute approximate surface area is 187 Å². The molecule has 11 heteroatoms. The molecule has 4 aromatic rings. The normalized spacial score (nSPS) is 10.7. The Morgan fingerprint density at radius 3 is 2.64 bits per heavy atom. The number of hydrogen-bond acceptors (Lipinski definition) is 6. The van der Waals surface area contributed by atoms with Crippen LogP contribution in [0.5, 0.6) is 5.75 Å². The van der Waals surface area contributed by atoms with Crippen molar-refractivity contribution >= 4 is 40.5 Å². The number of H-pyrrole nitrogens is 2. The fourth-order valence-corrected chi connectivity index (χ4v) is 3.23. The number of aromatic amines is 2. The fraction of sp³-hybridized carbons (Fsp3) is 0.136. The molecular formula is C22H20N6O5. The van der Waals surface area contributed by atoms with Gasteiger partial charge in [0, 0.05) is 11.8 Å². The van der Waals surface area contributed by atoms with Gasteiger partial charge in [-0.2, -0.15) is 0 Å². The number of anilines is 2. The molecule has 0 atom stereocenters. The third-order valence-corrected chi connectivity index (χ3v) is 4.76. The summed E-state index contributed by atoms with van der Waals surface area (Å²) >= 11 is 0. The smallest absolute Gasteiger partial charge is 0.341 e. The number of aromatic nitrogens is 4. The lowest BCUT2D eigenvalue weighted by atomic mass is 10.1. The van der Waals surface area contributed by atoms with E-state index in [2.05, 4.69) is 30.6 Å². The van der Waals surface area contributed by atoms with E-state index in [1.54, 1.807) is 24.3 Å². The van der Waals surface area contributed by atoms with Gasteiger partial charge in [-0.3, -0.25) is 14.9 Å². The van der Waals surface area contributed by atoms with Gasteiger partial charge >= 0.3 is 5.97 Å². The van der Waals surface area contributed by atoms with Crippen LogP contribution in [0.25, 0.3) is 11.0 Å². The number of hydrogen-bond donors (Lipinski definition) is 5. The monoisotopic (exact) mass is 448 g/mol. The molecule has 2 heterocycles. The molecule has 0 aliphatic carbocycles. The first kappa shape index (κ1) is 21.6. The Bertz CT molecular complexity index is 1370. The highest BCUT2D eigenvalue weighted by Crippen LogP contribution is 2.21. The second-order valence-corrected chi connectivity index (χ2v) is 7.30. The molecule has 0 saturated carbocycles. The summed E-state index contributed by atoms with van der Waals surface area (Å²) in [5.41, 5.74) is 3.56. The maximum Gasteiger partial charge on any atom is 0.341 e. The van der Waals surface area contributed by atoms with Crippen LogP contribution < -0.4 is 15.4 Å². The summed E-state index contributed by atoms with van der Waals surface area (Å²) in [7, 11) is 0. The molecule has 0 aliphatic rings. The predicted molar refractivity (Wildman–Crippen MR) is 120 cm³/mol. The first-order valence-corrected chi connectivity index (χ1v) is 9.88. The number of carbonyl (C=O) groups excluding carboxylic acids is 2. The van der Waals surface area contributed by atoms with Crippen molar-refractivity contribution in [3.8, 4) is 5.75 Å². The average Bonchev–Trinajstić information content (AvgIpc) is 3.40. The summed E-state index contributed by atoms with van der Waals surface area (Å²) in [6.07, 6.45) is 1.26. The second kappa shape index (κ2) is 8.83. The summed E-state index contributed by atoms with van der Waals surface area (Å²) in [5, 5.41) is 14.1. The molecule has 168 valence electrons. The lowest BCUT2D eigenvalue weighted by molar-refractivity contribution is -0.139. The number of nitrogens with one attached hydrogen (secondary N) is 4. The van der Waals surface area contributed by atoms with Crippen molar-refractivity contribution in [3.63, 3.8) is 0 Å². The van der Waals surface area contributed by atoms with E-state index in [4.69, 9.17) is 9.84 Å². The highest BCUT2D eigenvalue weighted by molar-refractivity contribution is 6.13. The second-order valence-electron chi connectivity index (χ2n) is 7.30. The van der Waals surface area contributed by atoms with Crippen LogP contribution in [0, 0.1) is 13.8 Å². The highest BCUT2D eigenvalue weighted by Gasteiger charge is 2.22. The van der Waals surface area contributed by atoms with E-state index in [0.717, 1.165) is 11.1 Å². The van der Waals surface area contributed by atoms with Crippen molar-refractivity contribution in [2.45, 2.75) is 13.8 Å². The molecule has 0 aliphatic heterocycles. The number of fused-ring (bicyclic) bond motifs is 1. The van der Waals surface area contributed by atoms with Gasteiger partial charge < -0.3 is 25.1 Å². The molecule has 11 nitrogen and oxygen atoms in total. The zero-order valence-corrected chi connectivity index (χ0v) is 17.7. The van der Waals surface area contributed by atoms with Crippen LogP contribution in [-0.4, -0.2) is 49.4 Å². The van der Waals surface area contributed by atoms with E-state index in [1.807, 2.05) is 26.0 Å². The number of imidazole rings is 2. The lowest BCUT2D eigenvalue weighted by Crippen LogP contribution is -2.21. The Morgan fingerprint density at radius 1 is 1.06 bits per heavy atom. The van der Waals surface area contributed by atoms with Crippen molar-refractivity contribution in [2.24, 2.45) is 0 Å². The first-order chi connectivity index (χ1) is 15.8. The number of aliphatic carboxylic acids is 1. The van der Waals surface area contributed by atoms with E-state index in [9.17, 15) is 14.4 Å². The summed E-state index contributed by atoms with van der Waals surface area (Å²) in [4.78, 5) is 50.0. The number of carboxylic acids is 1. The van der Waals surface area contributed by atoms with Gasteiger partial charge in [-0.05, 0) is 37.6 Å². The largest absolute Gasteiger partial charge is 0.482 e. The van der Waals surface area contributed by atoms with E-state index < -0.39 is 24.4 Å². The topological polar surface area (TPSA) is 162 Å². The van der Waals surface area contributed by atoms with Crippen molar-refractivity contribution in [2.75, 3.05) is 17.2 Å². The van der Waals surface area contributed by atoms with Gasteiger partial charge in [-0.25, -0.2) is 14.8 Å². The van der Waals surface area contributed by atoms with Crippen LogP contribution >= 0.6 is 0 Å². The van der Waals surface area contributed by atoms with Gasteiger partial charge in [0.05, 0.1) is 17.4 Å². The van der Waals surface area contributed by atoms with Crippen LogP contribution in [0.2, 0.25) is 0 Å². The molecule has 33 heavy (non-hydrogen) atoms. The van der Waals surface area contributed by atoms with Crippen molar-refractivity contribution in [1.29, 1.82) is 0 Å². The molecule has 0 unspecified atom stereocenters. The molecule has 2 aromatic carbocycles. The molecule has 2 aromatic heterocycles. The van der Waals surface area contributed by atoms with Gasteiger partial charge in [0.1, 0.15) is 11.4 Å². The third-order valence-electron chi connectivity index (χ3n) is 4.76. The molecule has 5 N–H and O–H groups in total. The average molecular weight is 448 g/mol. The minimum Gasteiger partial charge on any atom is -0.482 e. The number of nitrogens with zero attached hydrogens (tertiary/aromatic N) is 2. The Kier molecular flexibility index (Phi) is 5.77. The lowest BCUT2D eigenvalue weighted by Gasteiger charge is -2.09. The minimum absolute atomic E-state index is 0.0248. The molecule has 4 rings (SSSR count). The highest BCUT2D eigenvalue weighted by atomic mass is 16.5. The molecule has 2 amide bonds. The van der Waals surface area contributed by atoms with Crippen LogP contribution in [0.3, 0.4) is 0 Å². The van der Waals surface area contributed by atoms with Crippen molar-refractivity contribution < 1.29 is 24.2 Å². The summed E-state index contributed by atoms with van der Waals surface area (Å²) in [6, 6.07) is 10.4. The summed E-state index contributed by atoms with van der Waals surface area (Å²) in [5.74, 6) is -1.76.